The van der Waals surface area contributed by atoms with E-state index in [1.807, 2.05) is 12.1 Å². The van der Waals surface area contributed by atoms with E-state index in [9.17, 15) is 9.18 Å². The van der Waals surface area contributed by atoms with Gasteiger partial charge in [-0.05, 0) is 60.2 Å². The predicted octanol–water partition coefficient (Wildman–Crippen LogP) is 4.24. The van der Waals surface area contributed by atoms with Gasteiger partial charge in [-0.25, -0.2) is 4.39 Å². The van der Waals surface area contributed by atoms with Crippen LogP contribution >= 0.6 is 0 Å². The number of amides is 1. The molecule has 0 aromatic heterocycles. The van der Waals surface area contributed by atoms with Crippen molar-refractivity contribution in [1.29, 1.82) is 0 Å². The molecular formula is C20H22FNO2. The number of carbonyl (C=O) groups excluding carboxylic acids is 1. The number of fused-ring (bicyclic) bond motifs is 1. The number of methoxy groups -OCH3 is 1. The van der Waals surface area contributed by atoms with Crippen molar-refractivity contribution in [3.63, 3.8) is 0 Å². The van der Waals surface area contributed by atoms with E-state index in [2.05, 4.69) is 13.8 Å². The van der Waals surface area contributed by atoms with Gasteiger partial charge in [-0.2, -0.15) is 0 Å². The van der Waals surface area contributed by atoms with Crippen molar-refractivity contribution < 1.29 is 13.9 Å². The summed E-state index contributed by atoms with van der Waals surface area (Å²) >= 11 is 0. The van der Waals surface area contributed by atoms with Gasteiger partial charge in [0.15, 0.2) is 0 Å². The van der Waals surface area contributed by atoms with Crippen molar-refractivity contribution in [3.05, 3.63) is 58.9 Å². The molecule has 1 aliphatic heterocycles. The van der Waals surface area contributed by atoms with E-state index >= 15 is 0 Å². The lowest BCUT2D eigenvalue weighted by molar-refractivity contribution is 0.0979. The minimum atomic E-state index is -0.335. The summed E-state index contributed by atoms with van der Waals surface area (Å²) in [6.07, 6.45) is 1.51. The van der Waals surface area contributed by atoms with Crippen LogP contribution in [0.25, 0.3) is 0 Å². The molecule has 4 heteroatoms. The third-order valence-corrected chi connectivity index (χ3v) is 4.34. The summed E-state index contributed by atoms with van der Waals surface area (Å²) in [5.74, 6) is 0.709. The van der Waals surface area contributed by atoms with Crippen molar-refractivity contribution in [2.75, 3.05) is 18.6 Å². The molecule has 3 nitrogen and oxygen atoms in total. The first-order chi connectivity index (χ1) is 11.5. The van der Waals surface area contributed by atoms with Crippen molar-refractivity contribution in [3.8, 4) is 5.75 Å². The minimum Gasteiger partial charge on any atom is -0.497 e. The van der Waals surface area contributed by atoms with Gasteiger partial charge in [0.2, 0.25) is 0 Å². The van der Waals surface area contributed by atoms with Crippen LogP contribution in [0.15, 0.2) is 36.4 Å². The first kappa shape index (κ1) is 16.5. The molecule has 1 amide bonds. The number of ether oxygens (including phenoxy) is 1. The second-order valence-corrected chi connectivity index (χ2v) is 6.61. The summed E-state index contributed by atoms with van der Waals surface area (Å²) < 4.78 is 19.7. The van der Waals surface area contributed by atoms with Gasteiger partial charge in [-0.1, -0.05) is 19.9 Å². The Morgan fingerprint density at radius 2 is 2.00 bits per heavy atom. The lowest BCUT2D eigenvalue weighted by Gasteiger charge is -2.29. The largest absolute Gasteiger partial charge is 0.497 e. The third-order valence-electron chi connectivity index (χ3n) is 4.34. The second-order valence-electron chi connectivity index (χ2n) is 6.61. The molecule has 1 aliphatic rings. The molecular weight excluding hydrogens is 305 g/mol. The molecule has 0 aliphatic carbocycles. The minimum absolute atomic E-state index is 0.158. The van der Waals surface area contributed by atoms with E-state index in [0.29, 0.717) is 30.1 Å². The molecule has 0 N–H and O–H groups in total. The Bertz CT molecular complexity index is 770. The Morgan fingerprint density at radius 1 is 1.21 bits per heavy atom. The third kappa shape index (κ3) is 3.14. The van der Waals surface area contributed by atoms with Crippen molar-refractivity contribution >= 4 is 11.6 Å². The van der Waals surface area contributed by atoms with E-state index in [1.54, 1.807) is 31.4 Å². The molecule has 0 saturated heterocycles. The van der Waals surface area contributed by atoms with Crippen LogP contribution in [-0.4, -0.2) is 19.6 Å². The van der Waals surface area contributed by atoms with Gasteiger partial charge in [0.05, 0.1) is 12.8 Å². The zero-order valence-corrected chi connectivity index (χ0v) is 14.3. The van der Waals surface area contributed by atoms with Gasteiger partial charge >= 0.3 is 0 Å². The van der Waals surface area contributed by atoms with Gasteiger partial charge in [-0.15, -0.1) is 0 Å². The Labute approximate surface area is 142 Å². The molecule has 2 aromatic carbocycles. The van der Waals surface area contributed by atoms with Crippen LogP contribution in [0, 0.1) is 11.7 Å². The molecule has 1 heterocycles. The first-order valence-corrected chi connectivity index (χ1v) is 8.27. The zero-order valence-electron chi connectivity index (χ0n) is 14.3. The van der Waals surface area contributed by atoms with Crippen LogP contribution < -0.4 is 9.64 Å². The average molecular weight is 327 g/mol. The highest BCUT2D eigenvalue weighted by atomic mass is 19.1. The smallest absolute Gasteiger partial charge is 0.258 e. The molecule has 0 radical (unpaired) electrons. The lowest BCUT2D eigenvalue weighted by atomic mass is 9.97. The Kier molecular flexibility index (Phi) is 4.56. The SMILES string of the molecule is COc1ccc2c(c1)CCN(c1ccc(CC(C)C)cc1F)C2=O. The quantitative estimate of drug-likeness (QED) is 0.841. The van der Waals surface area contributed by atoms with Crippen LogP contribution in [0.4, 0.5) is 10.1 Å². The van der Waals surface area contributed by atoms with Gasteiger partial charge in [-0.3, -0.25) is 4.79 Å². The number of nitrogens with zero attached hydrogens (tertiary/aromatic N) is 1. The van der Waals surface area contributed by atoms with E-state index in [-0.39, 0.29) is 11.7 Å². The van der Waals surface area contributed by atoms with Gasteiger partial charge in [0.25, 0.3) is 5.91 Å². The molecule has 24 heavy (non-hydrogen) atoms. The van der Waals surface area contributed by atoms with E-state index in [4.69, 9.17) is 4.74 Å². The van der Waals surface area contributed by atoms with Crippen molar-refractivity contribution in [2.24, 2.45) is 5.92 Å². The first-order valence-electron chi connectivity index (χ1n) is 8.27. The van der Waals surface area contributed by atoms with Gasteiger partial charge in [0, 0.05) is 12.1 Å². The molecule has 0 unspecified atom stereocenters. The molecule has 0 spiro atoms. The number of benzene rings is 2. The summed E-state index contributed by atoms with van der Waals surface area (Å²) in [5, 5.41) is 0. The molecule has 2 aromatic rings. The fourth-order valence-corrected chi connectivity index (χ4v) is 3.19. The maximum absolute atomic E-state index is 14.5. The Morgan fingerprint density at radius 3 is 2.67 bits per heavy atom. The fourth-order valence-electron chi connectivity index (χ4n) is 3.19. The fraction of sp³-hybridized carbons (Fsp3) is 0.350. The number of carbonyl (C=O) groups is 1. The highest BCUT2D eigenvalue weighted by Crippen LogP contribution is 2.29. The van der Waals surface area contributed by atoms with E-state index in [0.717, 1.165) is 23.3 Å². The normalized spacial score (nSPS) is 14.0. The van der Waals surface area contributed by atoms with Crippen LogP contribution in [0.2, 0.25) is 0 Å². The number of hydrogen-bond donors (Lipinski definition) is 0. The Balaban J connectivity index is 1.89. The maximum Gasteiger partial charge on any atom is 0.258 e. The molecule has 0 bridgehead atoms. The van der Waals surface area contributed by atoms with Gasteiger partial charge in [0.1, 0.15) is 11.6 Å². The maximum atomic E-state index is 14.5. The summed E-state index contributed by atoms with van der Waals surface area (Å²) in [6, 6.07) is 10.6. The highest BCUT2D eigenvalue weighted by molar-refractivity contribution is 6.08. The number of anilines is 1. The van der Waals surface area contributed by atoms with E-state index in [1.165, 1.54) is 4.90 Å². The monoisotopic (exact) mass is 327 g/mol. The summed E-state index contributed by atoms with van der Waals surface area (Å²) in [4.78, 5) is 14.3. The van der Waals surface area contributed by atoms with Crippen LogP contribution in [-0.2, 0) is 12.8 Å². The predicted molar refractivity (Wildman–Crippen MR) is 93.3 cm³/mol. The van der Waals surface area contributed by atoms with Gasteiger partial charge < -0.3 is 9.64 Å². The molecule has 3 rings (SSSR count). The van der Waals surface area contributed by atoms with Crippen LogP contribution in [0.5, 0.6) is 5.75 Å². The summed E-state index contributed by atoms with van der Waals surface area (Å²) in [6.45, 7) is 4.68. The number of hydrogen-bond acceptors (Lipinski definition) is 2. The van der Waals surface area contributed by atoms with Crippen molar-refractivity contribution in [2.45, 2.75) is 26.7 Å². The summed E-state index contributed by atoms with van der Waals surface area (Å²) in [7, 11) is 1.60. The lowest BCUT2D eigenvalue weighted by Crippen LogP contribution is -2.38. The summed E-state index contributed by atoms with van der Waals surface area (Å²) in [5.41, 5.74) is 2.88. The number of halogens is 1. The topological polar surface area (TPSA) is 29.5 Å². The standard InChI is InChI=1S/C20H22FNO2/c1-13(2)10-14-4-7-19(18(21)11-14)22-9-8-15-12-16(24-3)5-6-17(15)20(22)23/h4-7,11-13H,8-10H2,1-3H3. The van der Waals surface area contributed by atoms with Crippen LogP contribution in [0.1, 0.15) is 35.3 Å². The molecule has 0 atom stereocenters. The van der Waals surface area contributed by atoms with Crippen molar-refractivity contribution in [1.82, 2.24) is 0 Å². The zero-order chi connectivity index (χ0) is 17.3. The van der Waals surface area contributed by atoms with Crippen LogP contribution in [0.3, 0.4) is 0 Å². The average Bonchev–Trinajstić information content (AvgIpc) is 2.55. The number of rotatable bonds is 4. The van der Waals surface area contributed by atoms with E-state index < -0.39 is 0 Å². The molecule has 126 valence electrons. The highest BCUT2D eigenvalue weighted by Gasteiger charge is 2.27. The Hall–Kier alpha value is -2.36. The molecule has 0 saturated carbocycles. The second kappa shape index (κ2) is 6.63. The molecule has 0 fully saturated rings.